The molecule has 0 atom stereocenters. The van der Waals surface area contributed by atoms with Gasteiger partial charge >= 0.3 is 0 Å². The van der Waals surface area contributed by atoms with E-state index >= 15 is 0 Å². The van der Waals surface area contributed by atoms with Crippen molar-refractivity contribution in [2.75, 3.05) is 4.90 Å². The van der Waals surface area contributed by atoms with E-state index < -0.39 is 0 Å². The molecule has 0 bridgehead atoms. The van der Waals surface area contributed by atoms with Gasteiger partial charge in [-0.05, 0) is 36.4 Å². The normalized spacial score (nSPS) is 13.9. The quantitative estimate of drug-likeness (QED) is 0.421. The van der Waals surface area contributed by atoms with Crippen LogP contribution in [0.25, 0.3) is 21.9 Å². The molecule has 2 amide bonds. The van der Waals surface area contributed by atoms with Crippen LogP contribution in [0.2, 0.25) is 0 Å². The zero-order valence-corrected chi connectivity index (χ0v) is 14.4. The zero-order chi connectivity index (χ0) is 17.1. The van der Waals surface area contributed by atoms with Crippen molar-refractivity contribution < 1.29 is 14.0 Å². The van der Waals surface area contributed by atoms with Crippen LogP contribution in [0.1, 0.15) is 20.7 Å². The molecule has 120 valence electrons. The number of hydrogen-bond donors (Lipinski definition) is 0. The lowest BCUT2D eigenvalue weighted by Gasteiger charge is -2.13. The maximum Gasteiger partial charge on any atom is 0.266 e. The average molecular weight is 392 g/mol. The summed E-state index contributed by atoms with van der Waals surface area (Å²) >= 11 is 3.34. The molecule has 1 aromatic heterocycles. The highest BCUT2D eigenvalue weighted by Crippen LogP contribution is 2.35. The predicted octanol–water partition coefficient (Wildman–Crippen LogP) is 5.15. The summed E-state index contributed by atoms with van der Waals surface area (Å²) in [4.78, 5) is 26.6. The van der Waals surface area contributed by atoms with Gasteiger partial charge in [0.25, 0.3) is 11.8 Å². The Bertz CT molecular complexity index is 1210. The number of fused-ring (bicyclic) bond motifs is 4. The van der Waals surface area contributed by atoms with E-state index in [1.54, 1.807) is 30.3 Å². The predicted molar refractivity (Wildman–Crippen MR) is 99.0 cm³/mol. The van der Waals surface area contributed by atoms with Crippen LogP contribution in [-0.4, -0.2) is 11.8 Å². The molecular weight excluding hydrogens is 382 g/mol. The van der Waals surface area contributed by atoms with E-state index in [9.17, 15) is 9.59 Å². The average Bonchev–Trinajstić information content (AvgIpc) is 3.10. The summed E-state index contributed by atoms with van der Waals surface area (Å²) in [5.41, 5.74) is 2.76. The summed E-state index contributed by atoms with van der Waals surface area (Å²) in [5, 5.41) is 1.97. The first kappa shape index (κ1) is 14.4. The number of carbonyl (C=O) groups is 2. The number of furan rings is 1. The van der Waals surface area contributed by atoms with Crippen molar-refractivity contribution in [3.63, 3.8) is 0 Å². The molecule has 5 rings (SSSR count). The second-order valence-electron chi connectivity index (χ2n) is 5.91. The van der Waals surface area contributed by atoms with Crippen LogP contribution in [0.15, 0.2) is 69.6 Å². The van der Waals surface area contributed by atoms with Crippen LogP contribution in [0.4, 0.5) is 5.69 Å². The molecule has 0 N–H and O–H groups in total. The van der Waals surface area contributed by atoms with Crippen LogP contribution in [0, 0.1) is 0 Å². The molecule has 4 nitrogen and oxygen atoms in total. The highest BCUT2D eigenvalue weighted by atomic mass is 79.9. The van der Waals surface area contributed by atoms with Gasteiger partial charge in [0.15, 0.2) is 0 Å². The molecule has 0 spiro atoms. The summed E-state index contributed by atoms with van der Waals surface area (Å²) in [5.74, 6) is -0.639. The number of carbonyl (C=O) groups excluding carboxylic acids is 2. The van der Waals surface area contributed by atoms with Gasteiger partial charge in [-0.1, -0.05) is 34.1 Å². The van der Waals surface area contributed by atoms with Crippen molar-refractivity contribution in [3.8, 4) is 0 Å². The summed E-state index contributed by atoms with van der Waals surface area (Å²) in [6, 6.07) is 18.3. The fourth-order valence-corrected chi connectivity index (χ4v) is 3.66. The third kappa shape index (κ3) is 1.99. The number of anilines is 1. The monoisotopic (exact) mass is 391 g/mol. The van der Waals surface area contributed by atoms with E-state index in [4.69, 9.17) is 4.42 Å². The third-order valence-corrected chi connectivity index (χ3v) is 4.96. The Morgan fingerprint density at radius 1 is 0.760 bits per heavy atom. The number of nitrogens with zero attached hydrogens (tertiary/aromatic N) is 1. The molecule has 0 saturated carbocycles. The topological polar surface area (TPSA) is 50.5 Å². The minimum absolute atomic E-state index is 0.317. The lowest BCUT2D eigenvalue weighted by molar-refractivity contribution is 0.0926. The van der Waals surface area contributed by atoms with Crippen molar-refractivity contribution in [1.29, 1.82) is 0 Å². The molecule has 0 radical (unpaired) electrons. The molecule has 25 heavy (non-hydrogen) atoms. The number of amides is 2. The third-order valence-electron chi connectivity index (χ3n) is 4.47. The van der Waals surface area contributed by atoms with Gasteiger partial charge in [0.1, 0.15) is 11.2 Å². The number of halogens is 1. The Morgan fingerprint density at radius 2 is 1.52 bits per heavy atom. The fourth-order valence-electron chi connectivity index (χ4n) is 3.30. The lowest BCUT2D eigenvalue weighted by Crippen LogP contribution is -2.29. The Labute approximate surface area is 150 Å². The van der Waals surface area contributed by atoms with Crippen molar-refractivity contribution >= 4 is 55.4 Å². The molecule has 0 unspecified atom stereocenters. The van der Waals surface area contributed by atoms with Crippen LogP contribution in [0.5, 0.6) is 0 Å². The first-order valence-electron chi connectivity index (χ1n) is 7.73. The Hall–Kier alpha value is -2.92. The highest BCUT2D eigenvalue weighted by Gasteiger charge is 2.36. The second-order valence-corrected chi connectivity index (χ2v) is 6.83. The zero-order valence-electron chi connectivity index (χ0n) is 12.8. The van der Waals surface area contributed by atoms with Crippen LogP contribution in [-0.2, 0) is 0 Å². The number of benzene rings is 3. The molecule has 5 heteroatoms. The van der Waals surface area contributed by atoms with Gasteiger partial charge in [-0.15, -0.1) is 0 Å². The molecule has 0 aliphatic carbocycles. The van der Waals surface area contributed by atoms with E-state index in [2.05, 4.69) is 15.9 Å². The van der Waals surface area contributed by atoms with Gasteiger partial charge in [-0.3, -0.25) is 9.59 Å². The standard InChI is InChI=1S/C20H10BrNO3/c21-11-5-7-15-16(9-11)20(24)22(19(15)23)12-6-8-14-13-3-1-2-4-17(13)25-18(14)10-12/h1-10H. The molecule has 0 saturated heterocycles. The molecule has 3 aromatic carbocycles. The van der Waals surface area contributed by atoms with Crippen LogP contribution in [0.3, 0.4) is 0 Å². The Morgan fingerprint density at radius 3 is 2.40 bits per heavy atom. The number of imide groups is 1. The summed E-state index contributed by atoms with van der Waals surface area (Å²) < 4.78 is 6.63. The summed E-state index contributed by atoms with van der Waals surface area (Å²) in [7, 11) is 0. The van der Waals surface area contributed by atoms with E-state index in [0.717, 1.165) is 20.8 Å². The SMILES string of the molecule is O=C1c2ccc(Br)cc2C(=O)N1c1ccc2c(c1)oc1ccccc12. The van der Waals surface area contributed by atoms with Gasteiger partial charge in [-0.2, -0.15) is 0 Å². The van der Waals surface area contributed by atoms with Gasteiger partial charge in [0, 0.05) is 21.3 Å². The number of para-hydroxylation sites is 1. The minimum Gasteiger partial charge on any atom is -0.456 e. The van der Waals surface area contributed by atoms with Crippen molar-refractivity contribution in [3.05, 3.63) is 76.3 Å². The Balaban J connectivity index is 1.67. The highest BCUT2D eigenvalue weighted by molar-refractivity contribution is 9.10. The molecule has 4 aromatic rings. The van der Waals surface area contributed by atoms with Gasteiger partial charge in [0.2, 0.25) is 0 Å². The summed E-state index contributed by atoms with van der Waals surface area (Å²) in [6.07, 6.45) is 0. The van der Waals surface area contributed by atoms with E-state index in [-0.39, 0.29) is 11.8 Å². The van der Waals surface area contributed by atoms with Gasteiger partial charge in [0.05, 0.1) is 16.8 Å². The van der Waals surface area contributed by atoms with Crippen molar-refractivity contribution in [2.45, 2.75) is 0 Å². The second kappa shape index (κ2) is 5.04. The van der Waals surface area contributed by atoms with E-state index in [1.807, 2.05) is 30.3 Å². The smallest absolute Gasteiger partial charge is 0.266 e. The van der Waals surface area contributed by atoms with Crippen molar-refractivity contribution in [1.82, 2.24) is 0 Å². The molecule has 1 aliphatic rings. The Kier molecular flexibility index (Phi) is 2.91. The van der Waals surface area contributed by atoms with Crippen molar-refractivity contribution in [2.24, 2.45) is 0 Å². The van der Waals surface area contributed by atoms with Gasteiger partial charge < -0.3 is 4.42 Å². The van der Waals surface area contributed by atoms with Crippen LogP contribution < -0.4 is 4.90 Å². The lowest BCUT2D eigenvalue weighted by atomic mass is 10.1. The first-order valence-corrected chi connectivity index (χ1v) is 8.52. The van der Waals surface area contributed by atoms with E-state index in [1.165, 1.54) is 4.90 Å². The molecule has 2 heterocycles. The van der Waals surface area contributed by atoms with Crippen LogP contribution >= 0.6 is 15.9 Å². The minimum atomic E-state index is -0.322. The molecular formula is C20H10BrNO3. The number of rotatable bonds is 1. The first-order chi connectivity index (χ1) is 12.1. The maximum atomic E-state index is 12.7. The molecule has 1 aliphatic heterocycles. The largest absolute Gasteiger partial charge is 0.456 e. The van der Waals surface area contributed by atoms with Gasteiger partial charge in [-0.25, -0.2) is 4.90 Å². The van der Waals surface area contributed by atoms with E-state index in [0.29, 0.717) is 22.4 Å². The number of hydrogen-bond acceptors (Lipinski definition) is 3. The molecule has 0 fully saturated rings. The summed E-state index contributed by atoms with van der Waals surface area (Å²) in [6.45, 7) is 0. The maximum absolute atomic E-state index is 12.7. The fraction of sp³-hybridized carbons (Fsp3) is 0.